The van der Waals surface area contributed by atoms with Crippen LogP contribution in [-0.4, -0.2) is 11.6 Å². The molecule has 3 rings (SSSR count). The summed E-state index contributed by atoms with van der Waals surface area (Å²) >= 11 is 0. The maximum Gasteiger partial charge on any atom is 0.271 e. The molecule has 0 saturated heterocycles. The number of benzene rings is 2. The average Bonchev–Trinajstić information content (AvgIpc) is 2.66. The van der Waals surface area contributed by atoms with Crippen molar-refractivity contribution in [2.45, 2.75) is 51.9 Å². The monoisotopic (exact) mass is 334 g/mol. The summed E-state index contributed by atoms with van der Waals surface area (Å²) in [6, 6.07) is 16.2. The molecule has 3 heteroatoms. The Hall–Kier alpha value is -2.42. The van der Waals surface area contributed by atoms with Gasteiger partial charge >= 0.3 is 0 Å². The Labute approximate surface area is 150 Å². The molecule has 0 unspecified atom stereocenters. The fourth-order valence-electron chi connectivity index (χ4n) is 3.48. The van der Waals surface area contributed by atoms with Gasteiger partial charge in [0.1, 0.15) is 0 Å². The Balaban J connectivity index is 1.64. The Kier molecular flexibility index (Phi) is 5.64. The summed E-state index contributed by atoms with van der Waals surface area (Å²) < 4.78 is 0. The van der Waals surface area contributed by atoms with E-state index in [1.165, 1.54) is 37.7 Å². The Morgan fingerprint density at radius 3 is 2.40 bits per heavy atom. The number of hydrogen-bond donors (Lipinski definition) is 1. The van der Waals surface area contributed by atoms with Crippen LogP contribution in [0.5, 0.6) is 0 Å². The summed E-state index contributed by atoms with van der Waals surface area (Å²) in [7, 11) is 0. The molecule has 25 heavy (non-hydrogen) atoms. The van der Waals surface area contributed by atoms with Crippen molar-refractivity contribution in [2.24, 2.45) is 5.10 Å². The van der Waals surface area contributed by atoms with Crippen molar-refractivity contribution < 1.29 is 4.79 Å². The van der Waals surface area contributed by atoms with Gasteiger partial charge in [0.2, 0.25) is 0 Å². The number of carbonyl (C=O) groups is 1. The van der Waals surface area contributed by atoms with E-state index in [2.05, 4.69) is 34.8 Å². The summed E-state index contributed by atoms with van der Waals surface area (Å²) in [4.78, 5) is 12.2. The predicted octanol–water partition coefficient (Wildman–Crippen LogP) is 5.20. The number of hydrazone groups is 1. The van der Waals surface area contributed by atoms with Gasteiger partial charge in [-0.2, -0.15) is 5.10 Å². The molecule has 0 radical (unpaired) electrons. The van der Waals surface area contributed by atoms with Crippen LogP contribution in [-0.2, 0) is 0 Å². The van der Waals surface area contributed by atoms with E-state index in [0.717, 1.165) is 16.8 Å². The number of carbonyl (C=O) groups excluding carboxylic acids is 1. The first kappa shape index (κ1) is 17.4. The molecule has 1 aliphatic carbocycles. The lowest BCUT2D eigenvalue weighted by molar-refractivity contribution is 0.0954. The van der Waals surface area contributed by atoms with E-state index in [9.17, 15) is 4.79 Å². The molecule has 2 aromatic rings. The highest BCUT2D eigenvalue weighted by atomic mass is 16.2. The molecular weight excluding hydrogens is 308 g/mol. The standard InChI is InChI=1S/C22H26N2O/c1-16-7-6-10-21(15-16)22(25)24-23-17(2)18-11-13-20(14-12-18)19-8-4-3-5-9-19/h6-7,10-15,19H,3-5,8-9H2,1-2H3,(H,24,25). The maximum atomic E-state index is 12.2. The number of amides is 1. The Morgan fingerprint density at radius 2 is 1.72 bits per heavy atom. The zero-order valence-corrected chi connectivity index (χ0v) is 15.1. The highest BCUT2D eigenvalue weighted by Gasteiger charge is 2.15. The van der Waals surface area contributed by atoms with E-state index in [1.807, 2.05) is 32.0 Å². The van der Waals surface area contributed by atoms with Crippen molar-refractivity contribution in [3.8, 4) is 0 Å². The molecule has 0 aliphatic heterocycles. The molecule has 3 nitrogen and oxygen atoms in total. The summed E-state index contributed by atoms with van der Waals surface area (Å²) in [6.07, 6.45) is 6.68. The molecule has 0 atom stereocenters. The largest absolute Gasteiger partial charge is 0.271 e. The Bertz CT molecular complexity index is 756. The van der Waals surface area contributed by atoms with E-state index in [4.69, 9.17) is 0 Å². The first-order valence-electron chi connectivity index (χ1n) is 9.15. The van der Waals surface area contributed by atoms with Crippen LogP contribution in [0.4, 0.5) is 0 Å². The predicted molar refractivity (Wildman–Crippen MR) is 103 cm³/mol. The third kappa shape index (κ3) is 4.56. The summed E-state index contributed by atoms with van der Waals surface area (Å²) in [5.74, 6) is 0.531. The van der Waals surface area contributed by atoms with E-state index < -0.39 is 0 Å². The van der Waals surface area contributed by atoms with Gasteiger partial charge in [0.25, 0.3) is 5.91 Å². The molecule has 0 spiro atoms. The lowest BCUT2D eigenvalue weighted by Gasteiger charge is -2.22. The summed E-state index contributed by atoms with van der Waals surface area (Å²) in [5.41, 5.74) is 7.63. The van der Waals surface area contributed by atoms with E-state index in [0.29, 0.717) is 11.5 Å². The normalized spacial score (nSPS) is 15.8. The molecule has 130 valence electrons. The van der Waals surface area contributed by atoms with E-state index in [1.54, 1.807) is 6.07 Å². The van der Waals surface area contributed by atoms with Crippen molar-refractivity contribution in [1.82, 2.24) is 5.43 Å². The second kappa shape index (κ2) is 8.11. The van der Waals surface area contributed by atoms with E-state index in [-0.39, 0.29) is 5.91 Å². The van der Waals surface area contributed by atoms with E-state index >= 15 is 0 Å². The topological polar surface area (TPSA) is 41.5 Å². The van der Waals surface area contributed by atoms with Crippen molar-refractivity contribution in [3.63, 3.8) is 0 Å². The molecule has 2 aromatic carbocycles. The van der Waals surface area contributed by atoms with Gasteiger partial charge < -0.3 is 0 Å². The van der Waals surface area contributed by atoms with Gasteiger partial charge in [-0.3, -0.25) is 4.79 Å². The lowest BCUT2D eigenvalue weighted by Crippen LogP contribution is -2.19. The third-order valence-corrected chi connectivity index (χ3v) is 5.01. The van der Waals surface area contributed by atoms with Gasteiger partial charge in [0, 0.05) is 5.56 Å². The summed E-state index contributed by atoms with van der Waals surface area (Å²) in [5, 5.41) is 4.26. The minimum atomic E-state index is -0.179. The quantitative estimate of drug-likeness (QED) is 0.606. The van der Waals surface area contributed by atoms with Crippen LogP contribution in [0.3, 0.4) is 0 Å². The SMILES string of the molecule is CC(=NNC(=O)c1cccc(C)c1)c1ccc(C2CCCCC2)cc1. The first-order chi connectivity index (χ1) is 12.1. The number of aryl methyl sites for hydroxylation is 1. The summed E-state index contributed by atoms with van der Waals surface area (Å²) in [6.45, 7) is 3.89. The molecule has 0 heterocycles. The molecule has 1 aliphatic rings. The molecule has 0 aromatic heterocycles. The molecule has 1 fully saturated rings. The van der Waals surface area contributed by atoms with Crippen LogP contribution in [0.15, 0.2) is 53.6 Å². The molecule has 0 bridgehead atoms. The van der Waals surface area contributed by atoms with Gasteiger partial charge in [-0.1, -0.05) is 61.2 Å². The smallest absolute Gasteiger partial charge is 0.267 e. The van der Waals surface area contributed by atoms with Crippen LogP contribution in [0, 0.1) is 6.92 Å². The zero-order valence-electron chi connectivity index (χ0n) is 15.1. The third-order valence-electron chi connectivity index (χ3n) is 5.01. The number of nitrogens with one attached hydrogen (secondary N) is 1. The maximum absolute atomic E-state index is 12.2. The van der Waals surface area contributed by atoms with Crippen LogP contribution >= 0.6 is 0 Å². The molecule has 1 amide bonds. The minimum absolute atomic E-state index is 0.179. The first-order valence-corrected chi connectivity index (χ1v) is 9.15. The number of hydrogen-bond acceptors (Lipinski definition) is 2. The molecule has 1 N–H and O–H groups in total. The fraction of sp³-hybridized carbons (Fsp3) is 0.364. The lowest BCUT2D eigenvalue weighted by atomic mass is 9.84. The zero-order chi connectivity index (χ0) is 17.6. The highest BCUT2D eigenvalue weighted by Crippen LogP contribution is 2.32. The Morgan fingerprint density at radius 1 is 1.00 bits per heavy atom. The van der Waals surface area contributed by atoms with Gasteiger partial charge in [0.15, 0.2) is 0 Å². The van der Waals surface area contributed by atoms with Gasteiger partial charge in [0.05, 0.1) is 5.71 Å². The van der Waals surface area contributed by atoms with Gasteiger partial charge in [-0.25, -0.2) is 5.43 Å². The van der Waals surface area contributed by atoms with Crippen LogP contribution < -0.4 is 5.43 Å². The van der Waals surface area contributed by atoms with Crippen LogP contribution in [0.2, 0.25) is 0 Å². The minimum Gasteiger partial charge on any atom is -0.267 e. The van der Waals surface area contributed by atoms with Crippen molar-refractivity contribution in [1.29, 1.82) is 0 Å². The molecular formula is C22H26N2O. The van der Waals surface area contributed by atoms with Gasteiger partial charge in [-0.15, -0.1) is 0 Å². The second-order valence-electron chi connectivity index (χ2n) is 6.96. The number of rotatable bonds is 4. The van der Waals surface area contributed by atoms with Crippen LogP contribution in [0.25, 0.3) is 0 Å². The van der Waals surface area contributed by atoms with Crippen molar-refractivity contribution in [2.75, 3.05) is 0 Å². The highest BCUT2D eigenvalue weighted by molar-refractivity contribution is 6.00. The van der Waals surface area contributed by atoms with Crippen molar-refractivity contribution in [3.05, 3.63) is 70.8 Å². The van der Waals surface area contributed by atoms with Crippen LogP contribution in [0.1, 0.15) is 72.0 Å². The second-order valence-corrected chi connectivity index (χ2v) is 6.96. The van der Waals surface area contributed by atoms with Crippen molar-refractivity contribution >= 4 is 11.6 Å². The van der Waals surface area contributed by atoms with Gasteiger partial charge in [-0.05, 0) is 55.9 Å². The fourth-order valence-corrected chi connectivity index (χ4v) is 3.48. The molecule has 1 saturated carbocycles. The number of nitrogens with zero attached hydrogens (tertiary/aromatic N) is 1. The average molecular weight is 334 g/mol.